The Morgan fingerprint density at radius 3 is 2.80 bits per heavy atom. The molecule has 0 aromatic heterocycles. The van der Waals surface area contributed by atoms with E-state index in [9.17, 15) is 23.3 Å². The first-order chi connectivity index (χ1) is 14.2. The molecule has 2 saturated carbocycles. The van der Waals surface area contributed by atoms with Crippen molar-refractivity contribution in [2.75, 3.05) is 0 Å². The molecule has 4 atom stereocenters. The summed E-state index contributed by atoms with van der Waals surface area (Å²) in [6, 6.07) is 5.68. The number of rotatable bonds is 10. The Labute approximate surface area is 175 Å². The number of carboxylic acid groups (broad SMARTS) is 1. The number of benzene rings is 1. The van der Waals surface area contributed by atoms with Crippen molar-refractivity contribution < 1.29 is 23.2 Å². The average Bonchev–Trinajstić information content (AvgIpc) is 3.25. The molecule has 2 fully saturated rings. The van der Waals surface area contributed by atoms with Crippen LogP contribution in [-0.4, -0.2) is 30.5 Å². The maximum absolute atomic E-state index is 12.5. The van der Waals surface area contributed by atoms with Gasteiger partial charge in [0.1, 0.15) is 0 Å². The summed E-state index contributed by atoms with van der Waals surface area (Å²) in [6.45, 7) is 0. The van der Waals surface area contributed by atoms with Gasteiger partial charge in [0, 0.05) is 30.0 Å². The van der Waals surface area contributed by atoms with Gasteiger partial charge in [-0.3, -0.25) is 14.9 Å². The number of aliphatic carboxylic acids is 1. The second-order valence-corrected chi connectivity index (χ2v) is 9.64. The van der Waals surface area contributed by atoms with Crippen molar-refractivity contribution in [1.82, 2.24) is 4.72 Å². The van der Waals surface area contributed by atoms with E-state index in [2.05, 4.69) is 10.8 Å². The molecular formula is C21H26N2O6S. The topological polar surface area (TPSA) is 127 Å². The number of nitrogens with one attached hydrogen (secondary N) is 1. The summed E-state index contributed by atoms with van der Waals surface area (Å²) in [5.41, 5.74) is 0.360. The molecule has 162 valence electrons. The summed E-state index contributed by atoms with van der Waals surface area (Å²) >= 11 is 0. The fourth-order valence-corrected chi connectivity index (χ4v) is 5.67. The van der Waals surface area contributed by atoms with Crippen LogP contribution in [0.1, 0.15) is 44.1 Å². The lowest BCUT2D eigenvalue weighted by Crippen LogP contribution is -2.40. The number of sulfonamides is 1. The number of nitrogens with zero attached hydrogens (tertiary/aromatic N) is 1. The van der Waals surface area contributed by atoms with E-state index >= 15 is 0 Å². The van der Waals surface area contributed by atoms with Gasteiger partial charge in [-0.2, -0.15) is 0 Å². The Bertz CT molecular complexity index is 956. The summed E-state index contributed by atoms with van der Waals surface area (Å²) in [5.74, 6) is 0.252. The highest BCUT2D eigenvalue weighted by molar-refractivity contribution is 7.92. The summed E-state index contributed by atoms with van der Waals surface area (Å²) in [5, 5.41) is 20.6. The first-order valence-corrected chi connectivity index (χ1v) is 11.6. The van der Waals surface area contributed by atoms with Gasteiger partial charge in [0.15, 0.2) is 0 Å². The number of carbonyl (C=O) groups is 1. The van der Waals surface area contributed by atoms with Gasteiger partial charge < -0.3 is 5.11 Å². The van der Waals surface area contributed by atoms with E-state index < -0.39 is 20.9 Å². The van der Waals surface area contributed by atoms with E-state index in [4.69, 9.17) is 5.11 Å². The van der Waals surface area contributed by atoms with Crippen molar-refractivity contribution in [2.45, 2.75) is 44.6 Å². The zero-order valence-electron chi connectivity index (χ0n) is 16.5. The normalized spacial score (nSPS) is 26.0. The quantitative estimate of drug-likeness (QED) is 0.250. The number of non-ortho nitro benzene ring substituents is 1. The highest BCUT2D eigenvalue weighted by Crippen LogP contribution is 2.49. The third-order valence-corrected chi connectivity index (χ3v) is 6.97. The van der Waals surface area contributed by atoms with Crippen LogP contribution in [-0.2, 0) is 14.8 Å². The summed E-state index contributed by atoms with van der Waals surface area (Å²) in [6.07, 6.45) is 9.82. The van der Waals surface area contributed by atoms with Crippen molar-refractivity contribution in [3.05, 3.63) is 57.5 Å². The monoisotopic (exact) mass is 434 g/mol. The maximum atomic E-state index is 12.5. The lowest BCUT2D eigenvalue weighted by atomic mass is 9.85. The molecule has 0 amide bonds. The molecule has 2 aliphatic rings. The zero-order valence-corrected chi connectivity index (χ0v) is 17.3. The molecule has 2 aliphatic carbocycles. The fraction of sp³-hybridized carbons (Fsp3) is 0.476. The molecule has 8 nitrogen and oxygen atoms in total. The molecule has 1 aromatic rings. The Kier molecular flexibility index (Phi) is 7.04. The molecule has 2 bridgehead atoms. The van der Waals surface area contributed by atoms with Gasteiger partial charge >= 0.3 is 5.97 Å². The first-order valence-electron chi connectivity index (χ1n) is 10.1. The number of unbranched alkanes of at least 4 members (excludes halogenated alkanes) is 1. The number of nitro benzene ring substituents is 1. The van der Waals surface area contributed by atoms with E-state index in [-0.39, 0.29) is 24.1 Å². The van der Waals surface area contributed by atoms with Crippen molar-refractivity contribution in [3.8, 4) is 0 Å². The molecule has 0 saturated heterocycles. The number of allylic oxidation sites excluding steroid dienone is 2. The van der Waals surface area contributed by atoms with Gasteiger partial charge in [-0.1, -0.05) is 24.3 Å². The largest absolute Gasteiger partial charge is 0.481 e. The Morgan fingerprint density at radius 2 is 2.10 bits per heavy atom. The van der Waals surface area contributed by atoms with Crippen LogP contribution in [0.4, 0.5) is 5.69 Å². The standard InChI is InChI=1S/C21H26N2O6S/c24-21(25)8-3-1-2-6-17-11-16-13-19(17)20(14-16)22-30(28,29)10-9-15-5-4-7-18(12-15)23(26)27/h2,4-7,9-10,12,16-17,19-20,22H,1,3,8,11,13-14H2,(H,24,25). The third kappa shape index (κ3) is 5.99. The van der Waals surface area contributed by atoms with E-state index in [1.165, 1.54) is 24.3 Å². The van der Waals surface area contributed by atoms with E-state index in [1.807, 2.05) is 6.08 Å². The minimum atomic E-state index is -3.67. The SMILES string of the molecule is O=C(O)CCCC=CC1CC2CC(NS(=O)(=O)C=Cc3cccc([N+](=O)[O-])c3)C1C2. The van der Waals surface area contributed by atoms with Gasteiger partial charge in [0.25, 0.3) is 5.69 Å². The molecule has 0 heterocycles. The van der Waals surface area contributed by atoms with Crippen LogP contribution in [0.2, 0.25) is 0 Å². The van der Waals surface area contributed by atoms with E-state index in [1.54, 1.807) is 6.07 Å². The highest BCUT2D eigenvalue weighted by atomic mass is 32.2. The number of hydrogen-bond acceptors (Lipinski definition) is 5. The molecule has 0 spiro atoms. The number of nitro groups is 1. The molecule has 1 aromatic carbocycles. The average molecular weight is 435 g/mol. The second kappa shape index (κ2) is 9.53. The second-order valence-electron chi connectivity index (χ2n) is 8.04. The van der Waals surface area contributed by atoms with Crippen molar-refractivity contribution in [2.24, 2.45) is 17.8 Å². The fourth-order valence-electron chi connectivity index (χ4n) is 4.56. The maximum Gasteiger partial charge on any atom is 0.303 e. The number of fused-ring (bicyclic) bond motifs is 2. The molecule has 30 heavy (non-hydrogen) atoms. The number of carboxylic acids is 1. The smallest absolute Gasteiger partial charge is 0.303 e. The predicted molar refractivity (Wildman–Crippen MR) is 113 cm³/mol. The van der Waals surface area contributed by atoms with Gasteiger partial charge in [0.05, 0.1) is 4.92 Å². The molecule has 9 heteroatoms. The molecular weight excluding hydrogens is 408 g/mol. The van der Waals surface area contributed by atoms with Crippen molar-refractivity contribution in [3.63, 3.8) is 0 Å². The lowest BCUT2D eigenvalue weighted by molar-refractivity contribution is -0.384. The first kappa shape index (κ1) is 22.2. The number of hydrogen-bond donors (Lipinski definition) is 2. The predicted octanol–water partition coefficient (Wildman–Crippen LogP) is 3.71. The van der Waals surface area contributed by atoms with Crippen LogP contribution < -0.4 is 4.72 Å². The summed E-state index contributed by atoms with van der Waals surface area (Å²) in [4.78, 5) is 20.9. The van der Waals surface area contributed by atoms with Crippen LogP contribution in [0.15, 0.2) is 41.8 Å². The Morgan fingerprint density at radius 1 is 1.30 bits per heavy atom. The summed E-state index contributed by atoms with van der Waals surface area (Å²) < 4.78 is 27.8. The Balaban J connectivity index is 1.57. The molecule has 3 rings (SSSR count). The molecule has 0 aliphatic heterocycles. The molecule has 0 radical (unpaired) electrons. The van der Waals surface area contributed by atoms with Gasteiger partial charge in [-0.15, -0.1) is 0 Å². The minimum absolute atomic E-state index is 0.0893. The summed E-state index contributed by atoms with van der Waals surface area (Å²) in [7, 11) is -3.67. The van der Waals surface area contributed by atoms with Gasteiger partial charge in [-0.05, 0) is 61.5 Å². The highest BCUT2D eigenvalue weighted by Gasteiger charge is 2.46. The van der Waals surface area contributed by atoms with Gasteiger partial charge in [0.2, 0.25) is 10.0 Å². The van der Waals surface area contributed by atoms with Crippen molar-refractivity contribution >= 4 is 27.8 Å². The van der Waals surface area contributed by atoms with E-state index in [0.717, 1.165) is 24.7 Å². The van der Waals surface area contributed by atoms with Crippen LogP contribution >= 0.6 is 0 Å². The molecule has 2 N–H and O–H groups in total. The van der Waals surface area contributed by atoms with Crippen LogP contribution in [0.5, 0.6) is 0 Å². The van der Waals surface area contributed by atoms with E-state index in [0.29, 0.717) is 30.2 Å². The van der Waals surface area contributed by atoms with Crippen LogP contribution in [0.3, 0.4) is 0 Å². The minimum Gasteiger partial charge on any atom is -0.481 e. The van der Waals surface area contributed by atoms with Crippen LogP contribution in [0, 0.1) is 27.9 Å². The Hall–Kier alpha value is -2.52. The third-order valence-electron chi connectivity index (χ3n) is 5.85. The lowest BCUT2D eigenvalue weighted by Gasteiger charge is -2.27. The van der Waals surface area contributed by atoms with Gasteiger partial charge in [-0.25, -0.2) is 13.1 Å². The van der Waals surface area contributed by atoms with Crippen molar-refractivity contribution in [1.29, 1.82) is 0 Å². The zero-order chi connectivity index (χ0) is 21.7. The van der Waals surface area contributed by atoms with Crippen LogP contribution in [0.25, 0.3) is 6.08 Å². The molecule has 4 unspecified atom stereocenters.